The van der Waals surface area contributed by atoms with Gasteiger partial charge in [0, 0.05) is 16.6 Å². The average molecular weight is 319 g/mol. The van der Waals surface area contributed by atoms with Crippen LogP contribution in [0.5, 0.6) is 5.75 Å². The van der Waals surface area contributed by atoms with Crippen LogP contribution in [0.15, 0.2) is 23.8 Å². The normalized spacial score (nSPS) is 22.0. The van der Waals surface area contributed by atoms with Crippen LogP contribution >= 0.6 is 11.6 Å². The summed E-state index contributed by atoms with van der Waals surface area (Å²) in [6.07, 6.45) is 5.67. The Morgan fingerprint density at radius 1 is 1.45 bits per heavy atom. The van der Waals surface area contributed by atoms with Gasteiger partial charge in [-0.05, 0) is 43.0 Å². The average Bonchev–Trinajstić information content (AvgIpc) is 2.50. The van der Waals surface area contributed by atoms with Gasteiger partial charge in [-0.3, -0.25) is 4.79 Å². The van der Waals surface area contributed by atoms with Crippen molar-refractivity contribution in [1.29, 1.82) is 5.26 Å². The maximum atomic E-state index is 12.3. The van der Waals surface area contributed by atoms with Gasteiger partial charge in [-0.15, -0.1) is 0 Å². The number of nitrogens with one attached hydrogen (secondary N) is 1. The number of carbonyl (C=O) groups is 1. The van der Waals surface area contributed by atoms with Crippen molar-refractivity contribution in [2.75, 3.05) is 0 Å². The number of phenolic OH excluding ortho intramolecular Hbond substituents is 1. The summed E-state index contributed by atoms with van der Waals surface area (Å²) in [5.74, 6) is -0.00572. The molecule has 0 saturated heterocycles. The molecule has 0 radical (unpaired) electrons. The fraction of sp³-hybridized carbons (Fsp3) is 0.412. The van der Waals surface area contributed by atoms with Gasteiger partial charge in [-0.2, -0.15) is 5.26 Å². The number of aromatic hydroxyl groups is 1. The Labute approximate surface area is 135 Å². The Morgan fingerprint density at radius 2 is 2.18 bits per heavy atom. The van der Waals surface area contributed by atoms with Crippen molar-refractivity contribution in [1.82, 2.24) is 5.32 Å². The van der Waals surface area contributed by atoms with Crippen LogP contribution in [0.4, 0.5) is 0 Å². The van der Waals surface area contributed by atoms with E-state index in [-0.39, 0.29) is 17.4 Å². The lowest BCUT2D eigenvalue weighted by atomic mass is 9.86. The van der Waals surface area contributed by atoms with Gasteiger partial charge in [-0.25, -0.2) is 0 Å². The van der Waals surface area contributed by atoms with E-state index in [1.807, 2.05) is 6.07 Å². The van der Waals surface area contributed by atoms with Crippen molar-refractivity contribution in [2.45, 2.75) is 38.6 Å². The number of halogens is 1. The van der Waals surface area contributed by atoms with Crippen LogP contribution in [0.25, 0.3) is 6.08 Å². The molecule has 0 spiro atoms. The Hall–Kier alpha value is -1.99. The number of rotatable bonds is 3. The maximum absolute atomic E-state index is 12.3. The zero-order valence-electron chi connectivity index (χ0n) is 12.5. The standard InChI is InChI=1S/C17H19ClN2O2/c1-11-4-2-3-5-15(11)20-17(22)13(10-19)8-12-9-14(18)6-7-16(12)21/h6-9,11,15,21H,2-5H2,1H3,(H,20,22)/b13-8+. The van der Waals surface area contributed by atoms with Crippen molar-refractivity contribution in [2.24, 2.45) is 5.92 Å². The molecule has 1 saturated carbocycles. The molecule has 2 unspecified atom stereocenters. The van der Waals surface area contributed by atoms with Crippen LogP contribution in [0.1, 0.15) is 38.2 Å². The summed E-state index contributed by atoms with van der Waals surface area (Å²) in [6, 6.07) is 6.50. The van der Waals surface area contributed by atoms with Crippen molar-refractivity contribution in [3.05, 3.63) is 34.4 Å². The minimum atomic E-state index is -0.402. The molecule has 0 aliphatic heterocycles. The number of hydrogen-bond donors (Lipinski definition) is 2. The third kappa shape index (κ3) is 4.02. The van der Waals surface area contributed by atoms with Gasteiger partial charge >= 0.3 is 0 Å². The van der Waals surface area contributed by atoms with E-state index in [4.69, 9.17) is 11.6 Å². The second-order valence-corrected chi connectivity index (χ2v) is 6.15. The van der Waals surface area contributed by atoms with E-state index in [0.29, 0.717) is 16.5 Å². The predicted molar refractivity (Wildman–Crippen MR) is 86.3 cm³/mol. The van der Waals surface area contributed by atoms with Crippen molar-refractivity contribution < 1.29 is 9.90 Å². The van der Waals surface area contributed by atoms with Crippen LogP contribution in [0, 0.1) is 17.2 Å². The zero-order chi connectivity index (χ0) is 16.1. The maximum Gasteiger partial charge on any atom is 0.262 e. The van der Waals surface area contributed by atoms with Gasteiger partial charge in [0.2, 0.25) is 0 Å². The van der Waals surface area contributed by atoms with Crippen LogP contribution in [-0.2, 0) is 4.79 Å². The van der Waals surface area contributed by atoms with Crippen molar-refractivity contribution in [3.8, 4) is 11.8 Å². The second kappa shape index (κ2) is 7.33. The van der Waals surface area contributed by atoms with Crippen LogP contribution in [0.3, 0.4) is 0 Å². The first-order valence-corrected chi connectivity index (χ1v) is 7.80. The van der Waals surface area contributed by atoms with E-state index in [2.05, 4.69) is 12.2 Å². The first-order valence-electron chi connectivity index (χ1n) is 7.42. The summed E-state index contributed by atoms with van der Waals surface area (Å²) in [6.45, 7) is 2.11. The highest BCUT2D eigenvalue weighted by molar-refractivity contribution is 6.30. The minimum Gasteiger partial charge on any atom is -0.507 e. The summed E-state index contributed by atoms with van der Waals surface area (Å²) in [7, 11) is 0. The highest BCUT2D eigenvalue weighted by Crippen LogP contribution is 2.25. The largest absolute Gasteiger partial charge is 0.507 e. The molecule has 2 rings (SSSR count). The van der Waals surface area contributed by atoms with Crippen molar-refractivity contribution >= 4 is 23.6 Å². The van der Waals surface area contributed by atoms with Gasteiger partial charge in [0.05, 0.1) is 0 Å². The molecule has 1 amide bonds. The third-order valence-electron chi connectivity index (χ3n) is 4.08. The fourth-order valence-corrected chi connectivity index (χ4v) is 2.90. The lowest BCUT2D eigenvalue weighted by molar-refractivity contribution is -0.118. The number of hydrogen-bond acceptors (Lipinski definition) is 3. The first kappa shape index (κ1) is 16.4. The third-order valence-corrected chi connectivity index (χ3v) is 4.32. The van der Waals surface area contributed by atoms with E-state index >= 15 is 0 Å². The molecule has 1 aromatic rings. The minimum absolute atomic E-state index is 0.0176. The predicted octanol–water partition coefficient (Wildman–Crippen LogP) is 3.65. The Bertz CT molecular complexity index is 634. The topological polar surface area (TPSA) is 73.1 Å². The Kier molecular flexibility index (Phi) is 5.46. The highest BCUT2D eigenvalue weighted by Gasteiger charge is 2.24. The van der Waals surface area contributed by atoms with E-state index in [9.17, 15) is 15.2 Å². The number of nitriles is 1. The Balaban J connectivity index is 2.16. The Morgan fingerprint density at radius 3 is 2.86 bits per heavy atom. The molecule has 5 heteroatoms. The molecule has 0 heterocycles. The molecule has 1 aromatic carbocycles. The molecule has 1 aliphatic carbocycles. The van der Waals surface area contributed by atoms with Crippen LogP contribution in [0.2, 0.25) is 5.02 Å². The van der Waals surface area contributed by atoms with Gasteiger partial charge in [-0.1, -0.05) is 31.4 Å². The molecule has 116 valence electrons. The molecule has 22 heavy (non-hydrogen) atoms. The summed E-state index contributed by atoms with van der Waals surface area (Å²) >= 11 is 5.87. The number of phenols is 1. The molecule has 0 aromatic heterocycles. The lowest BCUT2D eigenvalue weighted by Gasteiger charge is -2.29. The molecule has 2 N–H and O–H groups in total. The summed E-state index contributed by atoms with van der Waals surface area (Å²) in [5.41, 5.74) is 0.325. The monoisotopic (exact) mass is 318 g/mol. The summed E-state index contributed by atoms with van der Waals surface area (Å²) < 4.78 is 0. The molecule has 2 atom stereocenters. The zero-order valence-corrected chi connectivity index (χ0v) is 13.2. The van der Waals surface area contributed by atoms with Crippen LogP contribution in [-0.4, -0.2) is 17.1 Å². The molecular weight excluding hydrogens is 300 g/mol. The molecular formula is C17H19ClN2O2. The van der Waals surface area contributed by atoms with Gasteiger partial charge in [0.15, 0.2) is 0 Å². The molecule has 1 fully saturated rings. The lowest BCUT2D eigenvalue weighted by Crippen LogP contribution is -2.41. The number of nitrogens with zero attached hydrogens (tertiary/aromatic N) is 1. The SMILES string of the molecule is CC1CCCCC1NC(=O)/C(C#N)=C/c1cc(Cl)ccc1O. The second-order valence-electron chi connectivity index (χ2n) is 5.71. The smallest absolute Gasteiger partial charge is 0.262 e. The fourth-order valence-electron chi connectivity index (χ4n) is 2.72. The number of amides is 1. The van der Waals surface area contributed by atoms with E-state index < -0.39 is 5.91 Å². The molecule has 1 aliphatic rings. The highest BCUT2D eigenvalue weighted by atomic mass is 35.5. The van der Waals surface area contributed by atoms with E-state index in [0.717, 1.165) is 19.3 Å². The number of benzene rings is 1. The van der Waals surface area contributed by atoms with Crippen LogP contribution < -0.4 is 5.32 Å². The van der Waals surface area contributed by atoms with Gasteiger partial charge in [0.1, 0.15) is 17.4 Å². The summed E-state index contributed by atoms with van der Waals surface area (Å²) in [4.78, 5) is 12.3. The quantitative estimate of drug-likeness (QED) is 0.660. The van der Waals surface area contributed by atoms with Gasteiger partial charge < -0.3 is 10.4 Å². The van der Waals surface area contributed by atoms with E-state index in [1.165, 1.54) is 24.6 Å². The first-order chi connectivity index (χ1) is 10.5. The van der Waals surface area contributed by atoms with Crippen molar-refractivity contribution in [3.63, 3.8) is 0 Å². The number of carbonyl (C=O) groups excluding carboxylic acids is 1. The molecule has 0 bridgehead atoms. The summed E-state index contributed by atoms with van der Waals surface area (Å²) in [5, 5.41) is 22.4. The van der Waals surface area contributed by atoms with Gasteiger partial charge in [0.25, 0.3) is 5.91 Å². The van der Waals surface area contributed by atoms with E-state index in [1.54, 1.807) is 6.07 Å². The molecule has 4 nitrogen and oxygen atoms in total.